The Hall–Kier alpha value is -1.97. The molecule has 1 N–H and O–H groups in total. The Morgan fingerprint density at radius 2 is 2.33 bits per heavy atom. The highest BCUT2D eigenvalue weighted by atomic mass is 16.2. The Morgan fingerprint density at radius 3 is 2.93 bits per heavy atom. The van der Waals surface area contributed by atoms with Crippen molar-refractivity contribution in [2.45, 2.75) is 6.92 Å². The van der Waals surface area contributed by atoms with Gasteiger partial charge in [-0.15, -0.1) is 0 Å². The van der Waals surface area contributed by atoms with E-state index in [0.29, 0.717) is 5.56 Å². The van der Waals surface area contributed by atoms with Crippen LogP contribution in [-0.2, 0) is 4.79 Å². The third kappa shape index (κ3) is 3.72. The van der Waals surface area contributed by atoms with E-state index in [2.05, 4.69) is 10.3 Å². The van der Waals surface area contributed by atoms with Gasteiger partial charge in [0.05, 0.1) is 6.54 Å². The Bertz CT molecular complexity index is 371. The summed E-state index contributed by atoms with van der Waals surface area (Å²) < 4.78 is 0. The van der Waals surface area contributed by atoms with Gasteiger partial charge < -0.3 is 5.32 Å². The molecule has 78 valence electrons. The number of carbonyl (C=O) groups is 2. The molecule has 0 bridgehead atoms. The minimum atomic E-state index is -0.269. The first kappa shape index (κ1) is 11.1. The standard InChI is InChI=1S/C11H12N2O2/c1-2-4-11(15)13-8-10(14)9-5-3-6-12-7-9/h2-7H,8H2,1H3,(H,13,15)/b4-2+. The Labute approximate surface area is 88.0 Å². The highest BCUT2D eigenvalue weighted by molar-refractivity contribution is 6.00. The number of hydrogen-bond donors (Lipinski definition) is 1. The zero-order chi connectivity index (χ0) is 11.1. The van der Waals surface area contributed by atoms with Gasteiger partial charge in [0.1, 0.15) is 0 Å². The molecule has 1 heterocycles. The molecule has 0 spiro atoms. The van der Waals surface area contributed by atoms with Crippen molar-refractivity contribution >= 4 is 11.7 Å². The van der Waals surface area contributed by atoms with Crippen LogP contribution in [-0.4, -0.2) is 23.2 Å². The fourth-order valence-corrected chi connectivity index (χ4v) is 1.01. The third-order valence-electron chi connectivity index (χ3n) is 1.72. The van der Waals surface area contributed by atoms with Crippen LogP contribution in [0.25, 0.3) is 0 Å². The Kier molecular flexibility index (Phi) is 4.22. The summed E-state index contributed by atoms with van der Waals surface area (Å²) in [6.07, 6.45) is 6.06. The molecule has 1 aromatic rings. The molecule has 0 saturated carbocycles. The maximum Gasteiger partial charge on any atom is 0.244 e. The number of ketones is 1. The molecule has 4 nitrogen and oxygen atoms in total. The van der Waals surface area contributed by atoms with Crippen molar-refractivity contribution in [2.24, 2.45) is 0 Å². The Morgan fingerprint density at radius 1 is 1.53 bits per heavy atom. The average Bonchev–Trinajstić information content (AvgIpc) is 2.27. The van der Waals surface area contributed by atoms with Gasteiger partial charge in [0.15, 0.2) is 5.78 Å². The first-order chi connectivity index (χ1) is 7.24. The minimum Gasteiger partial charge on any atom is -0.345 e. The first-order valence-corrected chi connectivity index (χ1v) is 4.58. The summed E-state index contributed by atoms with van der Waals surface area (Å²) in [6.45, 7) is 1.73. The van der Waals surface area contributed by atoms with E-state index >= 15 is 0 Å². The van der Waals surface area contributed by atoms with Gasteiger partial charge >= 0.3 is 0 Å². The average molecular weight is 204 g/mol. The van der Waals surface area contributed by atoms with E-state index in [0.717, 1.165) is 0 Å². The van der Waals surface area contributed by atoms with Crippen molar-refractivity contribution in [1.82, 2.24) is 10.3 Å². The number of aromatic nitrogens is 1. The van der Waals surface area contributed by atoms with Crippen molar-refractivity contribution in [2.75, 3.05) is 6.54 Å². The van der Waals surface area contributed by atoms with Crippen molar-refractivity contribution in [3.05, 3.63) is 42.2 Å². The van der Waals surface area contributed by atoms with Crippen molar-refractivity contribution < 1.29 is 9.59 Å². The van der Waals surface area contributed by atoms with Gasteiger partial charge in [-0.1, -0.05) is 6.08 Å². The normalized spacial score (nSPS) is 10.2. The number of carbonyl (C=O) groups excluding carboxylic acids is 2. The lowest BCUT2D eigenvalue weighted by atomic mass is 10.2. The summed E-state index contributed by atoms with van der Waals surface area (Å²) in [4.78, 5) is 26.3. The van der Waals surface area contributed by atoms with Crippen LogP contribution >= 0.6 is 0 Å². The lowest BCUT2D eigenvalue weighted by Gasteiger charge is -2.00. The number of allylic oxidation sites excluding steroid dienone is 1. The molecule has 0 radical (unpaired) electrons. The second-order valence-corrected chi connectivity index (χ2v) is 2.88. The molecule has 0 saturated heterocycles. The van der Waals surface area contributed by atoms with E-state index in [9.17, 15) is 9.59 Å². The van der Waals surface area contributed by atoms with Crippen LogP contribution < -0.4 is 5.32 Å². The molecule has 1 aromatic heterocycles. The lowest BCUT2D eigenvalue weighted by Crippen LogP contribution is -2.27. The summed E-state index contributed by atoms with van der Waals surface area (Å²) in [5.74, 6) is -0.421. The summed E-state index contributed by atoms with van der Waals surface area (Å²) in [7, 11) is 0. The fraction of sp³-hybridized carbons (Fsp3) is 0.182. The van der Waals surface area contributed by atoms with E-state index in [1.165, 1.54) is 12.3 Å². The molecule has 1 rings (SSSR count). The molecule has 0 aliphatic heterocycles. The number of amides is 1. The quantitative estimate of drug-likeness (QED) is 0.587. The summed E-state index contributed by atoms with van der Waals surface area (Å²) in [5, 5.41) is 2.48. The molecule has 1 amide bonds. The number of pyridine rings is 1. The first-order valence-electron chi connectivity index (χ1n) is 4.58. The van der Waals surface area contributed by atoms with E-state index in [1.807, 2.05) is 0 Å². The summed E-state index contributed by atoms with van der Waals surface area (Å²) in [5.41, 5.74) is 0.498. The number of rotatable bonds is 4. The van der Waals surface area contributed by atoms with Crippen molar-refractivity contribution in [1.29, 1.82) is 0 Å². The van der Waals surface area contributed by atoms with E-state index in [-0.39, 0.29) is 18.2 Å². The maximum atomic E-state index is 11.5. The van der Waals surface area contributed by atoms with Gasteiger partial charge in [0.25, 0.3) is 0 Å². The van der Waals surface area contributed by atoms with Crippen LogP contribution in [0.1, 0.15) is 17.3 Å². The Balaban J connectivity index is 2.47. The molecule has 4 heteroatoms. The van der Waals surface area contributed by atoms with Gasteiger partial charge in [-0.05, 0) is 25.1 Å². The molecule has 0 atom stereocenters. The molecule has 0 fully saturated rings. The largest absolute Gasteiger partial charge is 0.345 e. The van der Waals surface area contributed by atoms with Crippen LogP contribution in [0.15, 0.2) is 36.7 Å². The predicted octanol–water partition coefficient (Wildman–Crippen LogP) is 0.957. The zero-order valence-corrected chi connectivity index (χ0v) is 8.43. The second kappa shape index (κ2) is 5.70. The summed E-state index contributed by atoms with van der Waals surface area (Å²) >= 11 is 0. The van der Waals surface area contributed by atoms with E-state index in [4.69, 9.17) is 0 Å². The van der Waals surface area contributed by atoms with Crippen LogP contribution in [0.5, 0.6) is 0 Å². The second-order valence-electron chi connectivity index (χ2n) is 2.88. The number of nitrogens with zero attached hydrogens (tertiary/aromatic N) is 1. The van der Waals surface area contributed by atoms with Gasteiger partial charge in [0.2, 0.25) is 5.91 Å². The monoisotopic (exact) mass is 204 g/mol. The predicted molar refractivity (Wildman–Crippen MR) is 56.4 cm³/mol. The van der Waals surface area contributed by atoms with E-state index < -0.39 is 0 Å². The lowest BCUT2D eigenvalue weighted by molar-refractivity contribution is -0.116. The zero-order valence-electron chi connectivity index (χ0n) is 8.43. The molecule has 0 aliphatic rings. The molecular formula is C11H12N2O2. The molecule has 0 aromatic carbocycles. The fourth-order valence-electron chi connectivity index (χ4n) is 1.01. The highest BCUT2D eigenvalue weighted by Gasteiger charge is 2.05. The van der Waals surface area contributed by atoms with Crippen molar-refractivity contribution in [3.63, 3.8) is 0 Å². The molecule has 0 aliphatic carbocycles. The van der Waals surface area contributed by atoms with Gasteiger partial charge in [-0.2, -0.15) is 0 Å². The number of hydrogen-bond acceptors (Lipinski definition) is 3. The molecule has 15 heavy (non-hydrogen) atoms. The minimum absolute atomic E-state index is 0.00509. The van der Waals surface area contributed by atoms with Crippen LogP contribution in [0.3, 0.4) is 0 Å². The molecule has 0 unspecified atom stereocenters. The van der Waals surface area contributed by atoms with Crippen LogP contribution in [0.4, 0.5) is 0 Å². The van der Waals surface area contributed by atoms with Crippen molar-refractivity contribution in [3.8, 4) is 0 Å². The van der Waals surface area contributed by atoms with Gasteiger partial charge in [-0.3, -0.25) is 14.6 Å². The van der Waals surface area contributed by atoms with Crippen LogP contribution in [0.2, 0.25) is 0 Å². The maximum absolute atomic E-state index is 11.5. The third-order valence-corrected chi connectivity index (χ3v) is 1.72. The molecular weight excluding hydrogens is 192 g/mol. The smallest absolute Gasteiger partial charge is 0.244 e. The van der Waals surface area contributed by atoms with E-state index in [1.54, 1.807) is 31.3 Å². The number of Topliss-reactive ketones (excluding diaryl/α,β-unsaturated/α-hetero) is 1. The SMILES string of the molecule is C/C=C/C(=O)NCC(=O)c1cccnc1. The number of nitrogens with one attached hydrogen (secondary N) is 1. The highest BCUT2D eigenvalue weighted by Crippen LogP contribution is 1.95. The van der Waals surface area contributed by atoms with Gasteiger partial charge in [-0.25, -0.2) is 0 Å². The summed E-state index contributed by atoms with van der Waals surface area (Å²) in [6, 6.07) is 3.35. The topological polar surface area (TPSA) is 59.1 Å². The van der Waals surface area contributed by atoms with Crippen LogP contribution in [0, 0.1) is 0 Å². The van der Waals surface area contributed by atoms with Gasteiger partial charge in [0, 0.05) is 18.0 Å².